The summed E-state index contributed by atoms with van der Waals surface area (Å²) >= 11 is 0. The highest BCUT2D eigenvalue weighted by Gasteiger charge is 2.22. The quantitative estimate of drug-likeness (QED) is 0.397. The Balaban J connectivity index is 3.97. The summed E-state index contributed by atoms with van der Waals surface area (Å²) in [5, 5.41) is 8.08. The zero-order valence-electron chi connectivity index (χ0n) is 7.78. The minimum atomic E-state index is -0.796. The van der Waals surface area contributed by atoms with Gasteiger partial charge in [-0.15, -0.1) is 0 Å². The highest BCUT2D eigenvalue weighted by Crippen LogP contribution is 2.10. The third-order valence-corrected chi connectivity index (χ3v) is 1.63. The number of rotatable bonds is 5. The van der Waals surface area contributed by atoms with Gasteiger partial charge in [0.1, 0.15) is 0 Å². The third kappa shape index (κ3) is 4.47. The van der Waals surface area contributed by atoms with Gasteiger partial charge in [0.05, 0.1) is 18.9 Å². The van der Waals surface area contributed by atoms with Gasteiger partial charge < -0.3 is 9.62 Å². The zero-order chi connectivity index (χ0) is 10.3. The van der Waals surface area contributed by atoms with Gasteiger partial charge in [0.15, 0.2) is 0 Å². The molecule has 0 bridgehead atoms. The third-order valence-electron chi connectivity index (χ3n) is 1.63. The van der Waals surface area contributed by atoms with E-state index in [1.807, 2.05) is 0 Å². The van der Waals surface area contributed by atoms with Gasteiger partial charge in [0, 0.05) is 0 Å². The van der Waals surface area contributed by atoms with E-state index in [-0.39, 0.29) is 13.0 Å². The first-order chi connectivity index (χ1) is 6.15. The van der Waals surface area contributed by atoms with Gasteiger partial charge in [-0.1, -0.05) is 6.92 Å². The van der Waals surface area contributed by atoms with Gasteiger partial charge in [-0.2, -0.15) is 5.26 Å². The molecule has 0 amide bonds. The van der Waals surface area contributed by atoms with E-state index in [0.717, 1.165) is 0 Å². The lowest BCUT2D eigenvalue weighted by Gasteiger charge is -2.09. The molecular formula is C8H14O5. The van der Waals surface area contributed by atoms with Crippen LogP contribution in [0.5, 0.6) is 0 Å². The van der Waals surface area contributed by atoms with E-state index < -0.39 is 17.9 Å². The maximum atomic E-state index is 10.9. The molecule has 0 aromatic rings. The number of hydrogen-bond acceptors (Lipinski definition) is 5. The lowest BCUT2D eigenvalue weighted by molar-refractivity contribution is -0.239. The molecule has 13 heavy (non-hydrogen) atoms. The van der Waals surface area contributed by atoms with Gasteiger partial charge in [-0.3, -0.25) is 4.79 Å². The number of carbonyl (C=O) groups excluding carboxylic acids is 2. The van der Waals surface area contributed by atoms with E-state index in [1.54, 1.807) is 13.8 Å². The Hall–Kier alpha value is -1.10. The van der Waals surface area contributed by atoms with Crippen LogP contribution in [0.4, 0.5) is 0 Å². The second-order valence-electron chi connectivity index (χ2n) is 2.52. The smallest absolute Gasteiger partial charge is 0.345 e. The van der Waals surface area contributed by atoms with Crippen molar-refractivity contribution in [2.45, 2.75) is 26.7 Å². The van der Waals surface area contributed by atoms with Crippen molar-refractivity contribution in [1.29, 1.82) is 0 Å². The van der Waals surface area contributed by atoms with Crippen LogP contribution < -0.4 is 0 Å². The Labute approximate surface area is 76.6 Å². The molecule has 1 unspecified atom stereocenters. The van der Waals surface area contributed by atoms with E-state index in [1.165, 1.54) is 0 Å². The summed E-state index contributed by atoms with van der Waals surface area (Å²) in [6.45, 7) is 3.69. The molecule has 0 rings (SSSR count). The molecular weight excluding hydrogens is 176 g/mol. The van der Waals surface area contributed by atoms with Gasteiger partial charge >= 0.3 is 11.9 Å². The van der Waals surface area contributed by atoms with Crippen LogP contribution in [0, 0.1) is 5.92 Å². The van der Waals surface area contributed by atoms with E-state index >= 15 is 0 Å². The van der Waals surface area contributed by atoms with Crippen molar-refractivity contribution in [2.75, 3.05) is 6.61 Å². The standard InChI is InChI=1S/C8H14O5/c1-3-6(8(10)13-11)5-7(9)12-4-2/h6,11H,3-5H2,1-2H3. The zero-order valence-corrected chi connectivity index (χ0v) is 7.78. The van der Waals surface area contributed by atoms with Crippen LogP contribution in [-0.4, -0.2) is 23.8 Å². The number of esters is 1. The van der Waals surface area contributed by atoms with Gasteiger partial charge in [-0.05, 0) is 13.3 Å². The van der Waals surface area contributed by atoms with Crippen molar-refractivity contribution in [3.63, 3.8) is 0 Å². The van der Waals surface area contributed by atoms with E-state index in [0.29, 0.717) is 6.42 Å². The second-order valence-corrected chi connectivity index (χ2v) is 2.52. The molecule has 0 aromatic heterocycles. The van der Waals surface area contributed by atoms with Crippen LogP contribution in [0.1, 0.15) is 26.7 Å². The lowest BCUT2D eigenvalue weighted by atomic mass is 10.0. The average molecular weight is 190 g/mol. The summed E-state index contributed by atoms with van der Waals surface area (Å²) in [6, 6.07) is 0. The van der Waals surface area contributed by atoms with Crippen molar-refractivity contribution in [3.8, 4) is 0 Å². The van der Waals surface area contributed by atoms with E-state index in [4.69, 9.17) is 5.26 Å². The maximum Gasteiger partial charge on any atom is 0.345 e. The predicted octanol–water partition coefficient (Wildman–Crippen LogP) is 0.982. The minimum Gasteiger partial charge on any atom is -0.466 e. The van der Waals surface area contributed by atoms with Crippen molar-refractivity contribution >= 4 is 11.9 Å². The molecule has 76 valence electrons. The largest absolute Gasteiger partial charge is 0.466 e. The summed E-state index contributed by atoms with van der Waals surface area (Å²) in [6.07, 6.45) is 0.377. The molecule has 0 aromatic carbocycles. The first kappa shape index (κ1) is 11.9. The summed E-state index contributed by atoms with van der Waals surface area (Å²) < 4.78 is 4.64. The summed E-state index contributed by atoms with van der Waals surface area (Å²) in [5.41, 5.74) is 0. The lowest BCUT2D eigenvalue weighted by Crippen LogP contribution is -2.20. The first-order valence-corrected chi connectivity index (χ1v) is 4.16. The van der Waals surface area contributed by atoms with Crippen LogP contribution in [0.2, 0.25) is 0 Å². The molecule has 0 saturated heterocycles. The molecule has 0 fully saturated rings. The average Bonchev–Trinajstić information content (AvgIpc) is 2.13. The number of carbonyl (C=O) groups is 2. The Morgan fingerprint density at radius 1 is 1.38 bits per heavy atom. The molecule has 0 saturated carbocycles. The number of hydrogen-bond donors (Lipinski definition) is 1. The fourth-order valence-electron chi connectivity index (χ4n) is 0.890. The van der Waals surface area contributed by atoms with Gasteiger partial charge in [0.25, 0.3) is 0 Å². The van der Waals surface area contributed by atoms with Gasteiger partial charge in [-0.25, -0.2) is 4.79 Å². The van der Waals surface area contributed by atoms with Gasteiger partial charge in [0.2, 0.25) is 0 Å². The minimum absolute atomic E-state index is 0.0519. The Bertz CT molecular complexity index is 177. The second kappa shape index (κ2) is 6.42. The molecule has 0 heterocycles. The molecule has 0 spiro atoms. The number of ether oxygens (including phenoxy) is 1. The fraction of sp³-hybridized carbons (Fsp3) is 0.750. The van der Waals surface area contributed by atoms with Crippen LogP contribution in [0.15, 0.2) is 0 Å². The van der Waals surface area contributed by atoms with Crippen LogP contribution in [0.3, 0.4) is 0 Å². The Morgan fingerprint density at radius 2 is 2.00 bits per heavy atom. The summed E-state index contributed by atoms with van der Waals surface area (Å²) in [5.74, 6) is -1.88. The molecule has 0 aliphatic heterocycles. The maximum absolute atomic E-state index is 10.9. The normalized spacial score (nSPS) is 11.9. The molecule has 0 aliphatic carbocycles. The predicted molar refractivity (Wildman–Crippen MR) is 43.8 cm³/mol. The van der Waals surface area contributed by atoms with Crippen LogP contribution >= 0.6 is 0 Å². The first-order valence-electron chi connectivity index (χ1n) is 4.16. The van der Waals surface area contributed by atoms with E-state index in [2.05, 4.69) is 9.62 Å². The van der Waals surface area contributed by atoms with Crippen molar-refractivity contribution in [3.05, 3.63) is 0 Å². The van der Waals surface area contributed by atoms with Crippen molar-refractivity contribution in [1.82, 2.24) is 0 Å². The van der Waals surface area contributed by atoms with Crippen LogP contribution in [0.25, 0.3) is 0 Å². The van der Waals surface area contributed by atoms with Crippen LogP contribution in [-0.2, 0) is 19.2 Å². The summed E-state index contributed by atoms with van der Waals surface area (Å²) in [4.78, 5) is 25.3. The highest BCUT2D eigenvalue weighted by atomic mass is 17.1. The Morgan fingerprint density at radius 3 is 2.38 bits per heavy atom. The highest BCUT2D eigenvalue weighted by molar-refractivity contribution is 5.79. The summed E-state index contributed by atoms with van der Waals surface area (Å²) in [7, 11) is 0. The molecule has 0 radical (unpaired) electrons. The molecule has 0 aliphatic rings. The molecule has 5 heteroatoms. The topological polar surface area (TPSA) is 72.8 Å². The van der Waals surface area contributed by atoms with Crippen molar-refractivity contribution in [2.24, 2.45) is 5.92 Å². The van der Waals surface area contributed by atoms with E-state index in [9.17, 15) is 9.59 Å². The fourth-order valence-corrected chi connectivity index (χ4v) is 0.890. The Kier molecular flexibility index (Phi) is 5.88. The molecule has 1 atom stereocenters. The van der Waals surface area contributed by atoms with Crippen molar-refractivity contribution < 1.29 is 24.5 Å². The molecule has 1 N–H and O–H groups in total. The molecule has 5 nitrogen and oxygen atoms in total. The SMILES string of the molecule is CCOC(=O)CC(CC)C(=O)OO. The monoisotopic (exact) mass is 190 g/mol.